The van der Waals surface area contributed by atoms with Gasteiger partial charge in [-0.3, -0.25) is 9.69 Å². The van der Waals surface area contributed by atoms with Crippen molar-refractivity contribution < 1.29 is 14.3 Å². The summed E-state index contributed by atoms with van der Waals surface area (Å²) in [6.45, 7) is 13.2. The van der Waals surface area contributed by atoms with E-state index >= 15 is 0 Å². The minimum atomic E-state index is -0.788. The maximum Gasteiger partial charge on any atom is 0.410 e. The molecule has 2 heterocycles. The quantitative estimate of drug-likeness (QED) is 0.521. The van der Waals surface area contributed by atoms with Crippen molar-refractivity contribution in [1.29, 1.82) is 0 Å². The third-order valence-corrected chi connectivity index (χ3v) is 7.05. The number of hydrogen-bond acceptors (Lipinski definition) is 5. The number of piperidine rings is 1. The first-order valence-electron chi connectivity index (χ1n) is 13.1. The van der Waals surface area contributed by atoms with E-state index in [9.17, 15) is 9.59 Å². The Labute approximate surface area is 206 Å². The predicted molar refractivity (Wildman–Crippen MR) is 136 cm³/mol. The Morgan fingerprint density at radius 1 is 1.12 bits per heavy atom. The lowest BCUT2D eigenvalue weighted by atomic mass is 10.00. The summed E-state index contributed by atoms with van der Waals surface area (Å²) < 4.78 is 5.89. The van der Waals surface area contributed by atoms with Gasteiger partial charge < -0.3 is 19.4 Å². The molecule has 1 atom stereocenters. The van der Waals surface area contributed by atoms with E-state index in [0.29, 0.717) is 38.6 Å². The highest BCUT2D eigenvalue weighted by Crippen LogP contribution is 2.19. The SMILES string of the molecule is CCCN(C)CCCN1CCN(C(=O)[C@@H](Cc2cccc(C)c2)OC(=O)N2CCC(C)CC2)C1. The van der Waals surface area contributed by atoms with Gasteiger partial charge >= 0.3 is 6.09 Å². The predicted octanol–water partition coefficient (Wildman–Crippen LogP) is 3.61. The van der Waals surface area contributed by atoms with E-state index in [1.807, 2.05) is 30.0 Å². The molecule has 0 radical (unpaired) electrons. The smallest absolute Gasteiger partial charge is 0.410 e. The molecule has 0 N–H and O–H groups in total. The molecule has 3 rings (SSSR count). The van der Waals surface area contributed by atoms with Crippen molar-refractivity contribution in [1.82, 2.24) is 19.6 Å². The second kappa shape index (κ2) is 13.1. The Morgan fingerprint density at radius 2 is 1.88 bits per heavy atom. The first-order valence-corrected chi connectivity index (χ1v) is 13.1. The van der Waals surface area contributed by atoms with Gasteiger partial charge in [0.15, 0.2) is 6.10 Å². The molecule has 190 valence electrons. The molecule has 2 saturated heterocycles. The number of ether oxygens (including phenoxy) is 1. The van der Waals surface area contributed by atoms with Crippen molar-refractivity contribution in [3.8, 4) is 0 Å². The topological polar surface area (TPSA) is 56.3 Å². The summed E-state index contributed by atoms with van der Waals surface area (Å²) in [6, 6.07) is 8.11. The highest BCUT2D eigenvalue weighted by molar-refractivity contribution is 5.84. The van der Waals surface area contributed by atoms with Gasteiger partial charge in [0.2, 0.25) is 0 Å². The van der Waals surface area contributed by atoms with Crippen LogP contribution in [0.4, 0.5) is 4.79 Å². The molecule has 0 saturated carbocycles. The summed E-state index contributed by atoms with van der Waals surface area (Å²) >= 11 is 0. The third-order valence-electron chi connectivity index (χ3n) is 7.05. The first-order chi connectivity index (χ1) is 16.4. The number of benzene rings is 1. The molecule has 0 spiro atoms. The fourth-order valence-electron chi connectivity index (χ4n) is 4.89. The van der Waals surface area contributed by atoms with E-state index in [2.05, 4.69) is 36.8 Å². The fourth-order valence-corrected chi connectivity index (χ4v) is 4.89. The lowest BCUT2D eigenvalue weighted by Crippen LogP contribution is -2.46. The van der Waals surface area contributed by atoms with Gasteiger partial charge in [0, 0.05) is 39.1 Å². The zero-order valence-corrected chi connectivity index (χ0v) is 21.7. The van der Waals surface area contributed by atoms with Crippen LogP contribution in [-0.4, -0.2) is 97.2 Å². The second-order valence-electron chi connectivity index (χ2n) is 10.3. The molecule has 0 unspecified atom stereocenters. The third kappa shape index (κ3) is 7.98. The van der Waals surface area contributed by atoms with Gasteiger partial charge in [0.05, 0.1) is 6.67 Å². The Balaban J connectivity index is 1.59. The van der Waals surface area contributed by atoms with E-state index in [1.54, 1.807) is 4.90 Å². The summed E-state index contributed by atoms with van der Waals surface area (Å²) in [7, 11) is 2.16. The Bertz CT molecular complexity index is 794. The molecule has 2 aliphatic rings. The standard InChI is InChI=1S/C27H44N4O3/c1-5-12-28(4)13-7-14-29-17-18-31(21-29)26(32)25(20-24-9-6-8-23(3)19-24)34-27(33)30-15-10-22(2)11-16-30/h6,8-9,19,22,25H,5,7,10-18,20-21H2,1-4H3/t25-/m1/s1. The number of nitrogens with zero attached hydrogens (tertiary/aromatic N) is 4. The van der Waals surface area contributed by atoms with Gasteiger partial charge in [0.1, 0.15) is 0 Å². The van der Waals surface area contributed by atoms with Crippen LogP contribution >= 0.6 is 0 Å². The lowest BCUT2D eigenvalue weighted by molar-refractivity contribution is -0.140. The molecule has 0 aromatic heterocycles. The summed E-state index contributed by atoms with van der Waals surface area (Å²) in [6.07, 6.45) is 3.50. The Kier molecular flexibility index (Phi) is 10.2. The average molecular weight is 473 g/mol. The van der Waals surface area contributed by atoms with E-state index in [-0.39, 0.29) is 12.0 Å². The van der Waals surface area contributed by atoms with Crippen LogP contribution in [0.25, 0.3) is 0 Å². The van der Waals surface area contributed by atoms with Crippen LogP contribution in [0.1, 0.15) is 50.7 Å². The molecule has 7 heteroatoms. The van der Waals surface area contributed by atoms with E-state index in [4.69, 9.17) is 4.74 Å². The zero-order valence-electron chi connectivity index (χ0n) is 21.7. The van der Waals surface area contributed by atoms with Crippen LogP contribution in [0, 0.1) is 12.8 Å². The second-order valence-corrected chi connectivity index (χ2v) is 10.3. The molecule has 0 bridgehead atoms. The molecular formula is C27H44N4O3. The van der Waals surface area contributed by atoms with E-state index < -0.39 is 6.10 Å². The van der Waals surface area contributed by atoms with Crippen molar-refractivity contribution in [2.75, 3.05) is 59.5 Å². The monoisotopic (exact) mass is 472 g/mol. The number of carbonyl (C=O) groups is 2. The van der Waals surface area contributed by atoms with Crippen LogP contribution < -0.4 is 0 Å². The number of likely N-dealkylation sites (tertiary alicyclic amines) is 1. The fraction of sp³-hybridized carbons (Fsp3) is 0.704. The first kappa shape index (κ1) is 26.5. The largest absolute Gasteiger partial charge is 0.436 e. The Hall–Kier alpha value is -2.12. The molecule has 0 aliphatic carbocycles. The Morgan fingerprint density at radius 3 is 2.59 bits per heavy atom. The van der Waals surface area contributed by atoms with Gasteiger partial charge in [-0.25, -0.2) is 4.79 Å². The number of amides is 2. The van der Waals surface area contributed by atoms with Gasteiger partial charge in [-0.15, -0.1) is 0 Å². The maximum atomic E-state index is 13.5. The maximum absolute atomic E-state index is 13.5. The molecule has 2 amide bonds. The molecule has 2 fully saturated rings. The average Bonchev–Trinajstić information content (AvgIpc) is 3.27. The van der Waals surface area contributed by atoms with Crippen LogP contribution in [0.3, 0.4) is 0 Å². The van der Waals surface area contributed by atoms with Crippen molar-refractivity contribution >= 4 is 12.0 Å². The molecule has 1 aromatic carbocycles. The van der Waals surface area contributed by atoms with Gasteiger partial charge in [-0.1, -0.05) is 43.7 Å². The molecule has 34 heavy (non-hydrogen) atoms. The summed E-state index contributed by atoms with van der Waals surface area (Å²) in [5, 5.41) is 0. The minimum Gasteiger partial charge on any atom is -0.436 e. The van der Waals surface area contributed by atoms with Crippen LogP contribution in [0.15, 0.2) is 24.3 Å². The summed E-state index contributed by atoms with van der Waals surface area (Å²) in [5.74, 6) is 0.553. The highest BCUT2D eigenvalue weighted by Gasteiger charge is 2.34. The van der Waals surface area contributed by atoms with Crippen molar-refractivity contribution in [2.45, 2.75) is 59.0 Å². The van der Waals surface area contributed by atoms with Crippen LogP contribution in [-0.2, 0) is 16.0 Å². The van der Waals surface area contributed by atoms with E-state index in [1.165, 1.54) is 6.42 Å². The minimum absolute atomic E-state index is 0.0779. The highest BCUT2D eigenvalue weighted by atomic mass is 16.6. The molecule has 7 nitrogen and oxygen atoms in total. The number of rotatable bonds is 10. The molecule has 1 aromatic rings. The van der Waals surface area contributed by atoms with Gasteiger partial charge in [-0.05, 0) is 64.2 Å². The zero-order chi connectivity index (χ0) is 24.5. The normalized spacial score (nSPS) is 18.5. The number of hydrogen-bond donors (Lipinski definition) is 0. The van der Waals surface area contributed by atoms with Crippen molar-refractivity contribution in [3.05, 3.63) is 35.4 Å². The van der Waals surface area contributed by atoms with Gasteiger partial charge in [0.25, 0.3) is 5.91 Å². The number of carbonyl (C=O) groups excluding carboxylic acids is 2. The van der Waals surface area contributed by atoms with Crippen molar-refractivity contribution in [2.24, 2.45) is 5.92 Å². The lowest BCUT2D eigenvalue weighted by Gasteiger charge is -2.31. The van der Waals surface area contributed by atoms with E-state index in [0.717, 1.165) is 56.6 Å². The number of aryl methyl sites for hydroxylation is 1. The van der Waals surface area contributed by atoms with Crippen molar-refractivity contribution in [3.63, 3.8) is 0 Å². The summed E-state index contributed by atoms with van der Waals surface area (Å²) in [4.78, 5) is 34.8. The summed E-state index contributed by atoms with van der Waals surface area (Å²) in [5.41, 5.74) is 2.16. The van der Waals surface area contributed by atoms with Gasteiger partial charge in [-0.2, -0.15) is 0 Å². The molecule has 2 aliphatic heterocycles. The van der Waals surface area contributed by atoms with Crippen LogP contribution in [0.2, 0.25) is 0 Å². The van der Waals surface area contributed by atoms with Crippen LogP contribution in [0.5, 0.6) is 0 Å². The molecular weight excluding hydrogens is 428 g/mol.